The van der Waals surface area contributed by atoms with Crippen molar-refractivity contribution in [2.45, 2.75) is 58.4 Å². The zero-order chi connectivity index (χ0) is 16.2. The molecule has 1 fully saturated rings. The van der Waals surface area contributed by atoms with E-state index in [1.54, 1.807) is 33.8 Å². The summed E-state index contributed by atoms with van der Waals surface area (Å²) in [6, 6.07) is -0.820. The minimum absolute atomic E-state index is 0.222. The third-order valence-corrected chi connectivity index (χ3v) is 3.20. The van der Waals surface area contributed by atoms with Crippen molar-refractivity contribution in [1.82, 2.24) is 4.90 Å². The summed E-state index contributed by atoms with van der Waals surface area (Å²) >= 11 is 0. The van der Waals surface area contributed by atoms with Crippen LogP contribution >= 0.6 is 0 Å². The first-order valence-electron chi connectivity index (χ1n) is 7.18. The van der Waals surface area contributed by atoms with Crippen molar-refractivity contribution >= 4 is 12.1 Å². The molecule has 6 nitrogen and oxygen atoms in total. The van der Waals surface area contributed by atoms with Gasteiger partial charge in [0, 0.05) is 5.92 Å². The average Bonchev–Trinajstić information content (AvgIpc) is 2.66. The predicted molar refractivity (Wildman–Crippen MR) is 77.4 cm³/mol. The molecule has 1 rings (SSSR count). The Morgan fingerprint density at radius 3 is 2.52 bits per heavy atom. The fourth-order valence-electron chi connectivity index (χ4n) is 2.36. The summed E-state index contributed by atoms with van der Waals surface area (Å²) in [4.78, 5) is 25.3. The lowest BCUT2D eigenvalue weighted by Crippen LogP contribution is -2.48. The van der Waals surface area contributed by atoms with Gasteiger partial charge in [-0.1, -0.05) is 6.08 Å². The Balaban J connectivity index is 2.94. The highest BCUT2D eigenvalue weighted by molar-refractivity contribution is 5.82. The van der Waals surface area contributed by atoms with Crippen LogP contribution in [0.5, 0.6) is 0 Å². The van der Waals surface area contributed by atoms with Crippen molar-refractivity contribution in [3.63, 3.8) is 0 Å². The van der Waals surface area contributed by atoms with Gasteiger partial charge in [0.1, 0.15) is 17.9 Å². The van der Waals surface area contributed by atoms with Gasteiger partial charge in [0.15, 0.2) is 0 Å². The average molecular weight is 299 g/mol. The molecule has 6 heteroatoms. The van der Waals surface area contributed by atoms with E-state index in [4.69, 9.17) is 9.47 Å². The molecule has 1 saturated heterocycles. The number of carbonyl (C=O) groups excluding carboxylic acids is 2. The maximum absolute atomic E-state index is 12.3. The Morgan fingerprint density at radius 1 is 1.43 bits per heavy atom. The fourth-order valence-corrected chi connectivity index (χ4v) is 2.36. The van der Waals surface area contributed by atoms with E-state index in [2.05, 4.69) is 6.58 Å². The van der Waals surface area contributed by atoms with Crippen molar-refractivity contribution in [3.05, 3.63) is 12.7 Å². The van der Waals surface area contributed by atoms with E-state index in [9.17, 15) is 14.7 Å². The van der Waals surface area contributed by atoms with Crippen LogP contribution in [0.4, 0.5) is 4.79 Å². The van der Waals surface area contributed by atoms with E-state index in [0.717, 1.165) is 4.90 Å². The van der Waals surface area contributed by atoms with Crippen molar-refractivity contribution in [2.24, 2.45) is 5.92 Å². The lowest BCUT2D eigenvalue weighted by Gasteiger charge is -2.30. The molecule has 1 aliphatic rings. The van der Waals surface area contributed by atoms with Crippen LogP contribution in [-0.2, 0) is 14.3 Å². The van der Waals surface area contributed by atoms with Crippen LogP contribution in [0, 0.1) is 5.92 Å². The number of rotatable bonds is 4. The molecule has 0 spiro atoms. The van der Waals surface area contributed by atoms with Crippen LogP contribution < -0.4 is 0 Å². The Hall–Kier alpha value is -1.56. The highest BCUT2D eigenvalue weighted by Crippen LogP contribution is 2.33. The van der Waals surface area contributed by atoms with Gasteiger partial charge in [-0.2, -0.15) is 0 Å². The molecule has 0 saturated carbocycles. The van der Waals surface area contributed by atoms with E-state index in [1.165, 1.54) is 0 Å². The van der Waals surface area contributed by atoms with Crippen LogP contribution in [0.1, 0.15) is 40.5 Å². The van der Waals surface area contributed by atoms with E-state index < -0.39 is 29.9 Å². The number of likely N-dealkylation sites (tertiary alicyclic amines) is 1. The molecule has 0 radical (unpaired) electrons. The van der Waals surface area contributed by atoms with Gasteiger partial charge < -0.3 is 14.6 Å². The second kappa shape index (κ2) is 6.93. The fraction of sp³-hybridized carbons (Fsp3) is 0.733. The summed E-state index contributed by atoms with van der Waals surface area (Å²) in [6.07, 6.45) is 0.725. The third kappa shape index (κ3) is 4.46. The molecule has 0 bridgehead atoms. The monoisotopic (exact) mass is 299 g/mol. The number of nitrogens with zero attached hydrogens (tertiary/aromatic N) is 1. The topological polar surface area (TPSA) is 76.1 Å². The lowest BCUT2D eigenvalue weighted by atomic mass is 10.0. The standard InChI is InChI=1S/C15H25NO5/c1-6-8-10-9-11(13(18)20-7-2)16(12(10)17)14(19)21-15(3,4)5/h6,10-12,17H,1,7-9H2,2-5H3/t10-,11+,12?/m1/s1. The zero-order valence-corrected chi connectivity index (χ0v) is 13.2. The number of hydrogen-bond acceptors (Lipinski definition) is 5. The molecule has 1 N–H and O–H groups in total. The summed E-state index contributed by atoms with van der Waals surface area (Å²) in [5.41, 5.74) is -0.702. The van der Waals surface area contributed by atoms with Crippen LogP contribution in [0.15, 0.2) is 12.7 Å². The SMILES string of the molecule is C=CC[C@@H]1C[C@@H](C(=O)OCC)N(C(=O)OC(C)(C)C)C1O. The Labute approximate surface area is 125 Å². The largest absolute Gasteiger partial charge is 0.464 e. The van der Waals surface area contributed by atoms with Crippen molar-refractivity contribution in [3.8, 4) is 0 Å². The van der Waals surface area contributed by atoms with Crippen molar-refractivity contribution in [2.75, 3.05) is 6.61 Å². The normalized spacial score (nSPS) is 25.6. The number of allylic oxidation sites excluding steroid dienone is 1. The van der Waals surface area contributed by atoms with Gasteiger partial charge in [-0.15, -0.1) is 6.58 Å². The molecule has 120 valence electrons. The minimum Gasteiger partial charge on any atom is -0.464 e. The Bertz CT molecular complexity index is 401. The van der Waals surface area contributed by atoms with Gasteiger partial charge in [0.2, 0.25) is 0 Å². The molecule has 1 amide bonds. The molecular formula is C15H25NO5. The van der Waals surface area contributed by atoms with Gasteiger partial charge in [-0.3, -0.25) is 4.90 Å². The maximum Gasteiger partial charge on any atom is 0.413 e. The lowest BCUT2D eigenvalue weighted by molar-refractivity contribution is -0.150. The third-order valence-electron chi connectivity index (χ3n) is 3.20. The molecule has 21 heavy (non-hydrogen) atoms. The highest BCUT2D eigenvalue weighted by atomic mass is 16.6. The number of esters is 1. The van der Waals surface area contributed by atoms with E-state index in [-0.39, 0.29) is 12.5 Å². The molecule has 0 aliphatic carbocycles. The number of hydrogen-bond donors (Lipinski definition) is 1. The summed E-state index contributed by atoms with van der Waals surface area (Å²) in [6.45, 7) is 10.7. The maximum atomic E-state index is 12.3. The van der Waals surface area contributed by atoms with Crippen molar-refractivity contribution < 1.29 is 24.2 Å². The van der Waals surface area contributed by atoms with Gasteiger partial charge >= 0.3 is 12.1 Å². The molecule has 0 aromatic rings. The molecule has 1 aliphatic heterocycles. The second-order valence-electron chi connectivity index (χ2n) is 6.09. The van der Waals surface area contributed by atoms with Gasteiger partial charge in [-0.05, 0) is 40.5 Å². The van der Waals surface area contributed by atoms with E-state index in [1.807, 2.05) is 0 Å². The molecule has 0 aromatic carbocycles. The number of ether oxygens (including phenoxy) is 2. The van der Waals surface area contributed by atoms with Gasteiger partial charge in [-0.25, -0.2) is 9.59 Å². The summed E-state index contributed by atoms with van der Waals surface area (Å²) in [5, 5.41) is 10.3. The summed E-state index contributed by atoms with van der Waals surface area (Å²) < 4.78 is 10.3. The van der Waals surface area contributed by atoms with Crippen LogP contribution in [0.25, 0.3) is 0 Å². The first kappa shape index (κ1) is 17.5. The Kier molecular flexibility index (Phi) is 5.78. The zero-order valence-electron chi connectivity index (χ0n) is 13.2. The predicted octanol–water partition coefficient (Wildman–Crippen LogP) is 2.07. The molecule has 1 unspecified atom stereocenters. The molecule has 1 heterocycles. The number of aliphatic hydroxyl groups excluding tert-OH is 1. The van der Waals surface area contributed by atoms with E-state index in [0.29, 0.717) is 12.8 Å². The van der Waals surface area contributed by atoms with Crippen LogP contribution in [0.2, 0.25) is 0 Å². The minimum atomic E-state index is -1.08. The quantitative estimate of drug-likeness (QED) is 0.635. The second-order valence-corrected chi connectivity index (χ2v) is 6.09. The number of amides is 1. The Morgan fingerprint density at radius 2 is 2.05 bits per heavy atom. The van der Waals surface area contributed by atoms with E-state index >= 15 is 0 Å². The molecule has 3 atom stereocenters. The first-order valence-corrected chi connectivity index (χ1v) is 7.18. The highest BCUT2D eigenvalue weighted by Gasteiger charge is 2.48. The number of carbonyl (C=O) groups is 2. The first-order chi connectivity index (χ1) is 9.71. The molecular weight excluding hydrogens is 274 g/mol. The van der Waals surface area contributed by atoms with Crippen LogP contribution in [0.3, 0.4) is 0 Å². The summed E-state index contributed by atoms with van der Waals surface area (Å²) in [7, 11) is 0. The van der Waals surface area contributed by atoms with Gasteiger partial charge in [0.05, 0.1) is 6.61 Å². The van der Waals surface area contributed by atoms with Gasteiger partial charge in [0.25, 0.3) is 0 Å². The van der Waals surface area contributed by atoms with Crippen LogP contribution in [-0.4, -0.2) is 46.5 Å². The number of aliphatic hydroxyl groups is 1. The molecule has 0 aromatic heterocycles. The summed E-state index contributed by atoms with van der Waals surface area (Å²) in [5.74, 6) is -0.765. The smallest absolute Gasteiger partial charge is 0.413 e. The van der Waals surface area contributed by atoms with Crippen molar-refractivity contribution in [1.29, 1.82) is 0 Å².